The fraction of sp³-hybridized carbons (Fsp3) is 0.368. The van der Waals surface area contributed by atoms with Gasteiger partial charge in [0.1, 0.15) is 0 Å². The van der Waals surface area contributed by atoms with Crippen molar-refractivity contribution in [2.45, 2.75) is 50.2 Å². The molecule has 1 saturated carbocycles. The summed E-state index contributed by atoms with van der Waals surface area (Å²) in [5.74, 6) is 0.728. The summed E-state index contributed by atoms with van der Waals surface area (Å²) in [6, 6.07) is 10.3. The van der Waals surface area contributed by atoms with Crippen LogP contribution in [0.3, 0.4) is 0 Å². The van der Waals surface area contributed by atoms with Crippen LogP contribution < -0.4 is 14.2 Å². The van der Waals surface area contributed by atoms with E-state index in [1.807, 2.05) is 19.9 Å². The first-order valence-corrected chi connectivity index (χ1v) is 9.97. The van der Waals surface area contributed by atoms with Gasteiger partial charge in [-0.2, -0.15) is 0 Å². The molecular weight excluding hydrogens is 338 g/mol. The molecule has 0 saturated heterocycles. The fourth-order valence-corrected chi connectivity index (χ4v) is 4.50. The van der Waals surface area contributed by atoms with Crippen LogP contribution in [-0.4, -0.2) is 14.2 Å². The van der Waals surface area contributed by atoms with Gasteiger partial charge in [0.15, 0.2) is 11.5 Å². The monoisotopic (exact) mass is 359 g/mol. The summed E-state index contributed by atoms with van der Waals surface area (Å²) < 4.78 is 39.8. The molecule has 4 rings (SSSR count). The van der Waals surface area contributed by atoms with E-state index in [-0.39, 0.29) is 4.90 Å². The second kappa shape index (κ2) is 5.66. The van der Waals surface area contributed by atoms with E-state index in [0.717, 1.165) is 36.8 Å². The van der Waals surface area contributed by atoms with E-state index in [2.05, 4.69) is 4.72 Å². The maximum Gasteiger partial charge on any atom is 0.261 e. The highest BCUT2D eigenvalue weighted by atomic mass is 32.2. The zero-order chi connectivity index (χ0) is 17.7. The van der Waals surface area contributed by atoms with Gasteiger partial charge in [0.05, 0.1) is 10.6 Å². The molecular formula is C19H21NO4S. The number of aryl methyl sites for hydroxylation is 2. The second-order valence-corrected chi connectivity index (χ2v) is 8.52. The van der Waals surface area contributed by atoms with Gasteiger partial charge in [0.2, 0.25) is 0 Å². The Morgan fingerprint density at radius 2 is 1.64 bits per heavy atom. The number of fused-ring (bicyclic) bond motifs is 1. The van der Waals surface area contributed by atoms with Crippen molar-refractivity contribution in [1.82, 2.24) is 0 Å². The first-order chi connectivity index (χ1) is 11.9. The van der Waals surface area contributed by atoms with Crippen LogP contribution in [0.4, 0.5) is 5.69 Å². The molecule has 2 aliphatic rings. The molecule has 1 heterocycles. The standard InChI is InChI=1S/C19H21NO4S/c1-13-5-7-16(11-14(13)2)25(21,22)20-15-6-8-17-18(12-15)24-19(23-17)9-3-4-10-19/h5-8,11-12,20H,3-4,9-10H2,1-2H3. The van der Waals surface area contributed by atoms with Gasteiger partial charge in [-0.15, -0.1) is 0 Å². The summed E-state index contributed by atoms with van der Waals surface area (Å²) >= 11 is 0. The molecule has 6 heteroatoms. The third-order valence-electron chi connectivity index (χ3n) is 4.94. The number of hydrogen-bond acceptors (Lipinski definition) is 4. The maximum absolute atomic E-state index is 12.6. The molecule has 5 nitrogen and oxygen atoms in total. The highest BCUT2D eigenvalue weighted by Crippen LogP contribution is 2.47. The third kappa shape index (κ3) is 2.95. The van der Waals surface area contributed by atoms with Crippen LogP contribution in [0.25, 0.3) is 0 Å². The molecule has 0 unspecified atom stereocenters. The number of anilines is 1. The Balaban J connectivity index is 1.59. The van der Waals surface area contributed by atoms with E-state index in [4.69, 9.17) is 9.47 Å². The third-order valence-corrected chi connectivity index (χ3v) is 6.32. The van der Waals surface area contributed by atoms with Crippen molar-refractivity contribution in [3.05, 3.63) is 47.5 Å². The van der Waals surface area contributed by atoms with Crippen molar-refractivity contribution in [3.63, 3.8) is 0 Å². The first-order valence-electron chi connectivity index (χ1n) is 8.49. The Labute approximate surface area is 148 Å². The zero-order valence-corrected chi connectivity index (χ0v) is 15.2. The molecule has 0 radical (unpaired) electrons. The smallest absolute Gasteiger partial charge is 0.261 e. The molecule has 0 bridgehead atoms. The Morgan fingerprint density at radius 3 is 2.36 bits per heavy atom. The largest absolute Gasteiger partial charge is 0.448 e. The number of benzene rings is 2. The van der Waals surface area contributed by atoms with Crippen molar-refractivity contribution in [2.75, 3.05) is 4.72 Å². The van der Waals surface area contributed by atoms with E-state index in [1.54, 1.807) is 30.3 Å². The van der Waals surface area contributed by atoms with Crippen molar-refractivity contribution in [3.8, 4) is 11.5 Å². The summed E-state index contributed by atoms with van der Waals surface area (Å²) in [5, 5.41) is 0. The molecule has 1 aliphatic carbocycles. The Bertz CT molecular complexity index is 930. The van der Waals surface area contributed by atoms with Gasteiger partial charge in [-0.25, -0.2) is 8.42 Å². The molecule has 132 valence electrons. The number of ether oxygens (including phenoxy) is 2. The van der Waals surface area contributed by atoms with Gasteiger partial charge in [-0.3, -0.25) is 4.72 Å². The van der Waals surface area contributed by atoms with Crippen molar-refractivity contribution in [1.29, 1.82) is 0 Å². The quantitative estimate of drug-likeness (QED) is 0.894. The van der Waals surface area contributed by atoms with E-state index in [0.29, 0.717) is 17.2 Å². The highest BCUT2D eigenvalue weighted by Gasteiger charge is 2.44. The van der Waals surface area contributed by atoms with E-state index in [1.165, 1.54) is 0 Å². The van der Waals surface area contributed by atoms with E-state index < -0.39 is 15.8 Å². The van der Waals surface area contributed by atoms with Crippen LogP contribution in [0, 0.1) is 13.8 Å². The van der Waals surface area contributed by atoms with E-state index in [9.17, 15) is 8.42 Å². The lowest BCUT2D eigenvalue weighted by Gasteiger charge is -2.21. The molecule has 1 aliphatic heterocycles. The van der Waals surface area contributed by atoms with Crippen LogP contribution in [0.5, 0.6) is 11.5 Å². The number of nitrogens with one attached hydrogen (secondary N) is 1. The molecule has 1 spiro atoms. The van der Waals surface area contributed by atoms with Gasteiger partial charge in [0.25, 0.3) is 15.8 Å². The maximum atomic E-state index is 12.6. The molecule has 2 aromatic rings. The molecule has 1 N–H and O–H groups in total. The SMILES string of the molecule is Cc1ccc(S(=O)(=O)Nc2ccc3c(c2)OC2(CCCC2)O3)cc1C. The number of sulfonamides is 1. The minimum atomic E-state index is -3.64. The number of rotatable bonds is 3. The van der Waals surface area contributed by atoms with Crippen LogP contribution in [0.2, 0.25) is 0 Å². The fourth-order valence-electron chi connectivity index (χ4n) is 3.37. The van der Waals surface area contributed by atoms with Crippen molar-refractivity contribution >= 4 is 15.7 Å². The zero-order valence-electron chi connectivity index (χ0n) is 14.3. The van der Waals surface area contributed by atoms with E-state index >= 15 is 0 Å². The topological polar surface area (TPSA) is 64.6 Å². The average Bonchev–Trinajstić information content (AvgIpc) is 3.15. The minimum Gasteiger partial charge on any atom is -0.448 e. The summed E-state index contributed by atoms with van der Waals surface area (Å²) in [6.45, 7) is 3.85. The van der Waals surface area contributed by atoms with Crippen LogP contribution in [-0.2, 0) is 10.0 Å². The summed E-state index contributed by atoms with van der Waals surface area (Å²) in [6.07, 6.45) is 3.90. The Kier molecular flexibility index (Phi) is 3.68. The highest BCUT2D eigenvalue weighted by molar-refractivity contribution is 7.92. The average molecular weight is 359 g/mol. The molecule has 0 atom stereocenters. The lowest BCUT2D eigenvalue weighted by molar-refractivity contribution is -0.0716. The van der Waals surface area contributed by atoms with Gasteiger partial charge in [0, 0.05) is 18.9 Å². The molecule has 2 aromatic carbocycles. The lowest BCUT2D eigenvalue weighted by atomic mass is 10.1. The van der Waals surface area contributed by atoms with Gasteiger partial charge in [-0.05, 0) is 62.1 Å². The molecule has 0 aromatic heterocycles. The van der Waals surface area contributed by atoms with Crippen molar-refractivity contribution in [2.24, 2.45) is 0 Å². The predicted molar refractivity (Wildman–Crippen MR) is 95.6 cm³/mol. The van der Waals surface area contributed by atoms with Crippen molar-refractivity contribution < 1.29 is 17.9 Å². The summed E-state index contributed by atoms with van der Waals surface area (Å²) in [5.41, 5.74) is 2.47. The normalized spacial score (nSPS) is 17.8. The predicted octanol–water partition coefficient (Wildman–Crippen LogP) is 4.15. The van der Waals surface area contributed by atoms with Gasteiger partial charge < -0.3 is 9.47 Å². The molecule has 25 heavy (non-hydrogen) atoms. The number of hydrogen-bond donors (Lipinski definition) is 1. The first kappa shape index (κ1) is 16.3. The molecule has 1 fully saturated rings. The Morgan fingerprint density at radius 1 is 0.920 bits per heavy atom. The second-order valence-electron chi connectivity index (χ2n) is 6.83. The van der Waals surface area contributed by atoms with Gasteiger partial charge >= 0.3 is 0 Å². The van der Waals surface area contributed by atoms with Crippen LogP contribution >= 0.6 is 0 Å². The minimum absolute atomic E-state index is 0.250. The van der Waals surface area contributed by atoms with Gasteiger partial charge in [-0.1, -0.05) is 6.07 Å². The summed E-state index contributed by atoms with van der Waals surface area (Å²) in [7, 11) is -3.64. The molecule has 0 amide bonds. The summed E-state index contributed by atoms with van der Waals surface area (Å²) in [4.78, 5) is 0.250. The Hall–Kier alpha value is -2.21. The van der Waals surface area contributed by atoms with Crippen LogP contribution in [0.15, 0.2) is 41.3 Å². The lowest BCUT2D eigenvalue weighted by Crippen LogP contribution is -2.34. The van der Waals surface area contributed by atoms with Crippen LogP contribution in [0.1, 0.15) is 36.8 Å².